The number of anilines is 1. The number of hydrogen-bond donors (Lipinski definition) is 1. The van der Waals surface area contributed by atoms with Crippen LogP contribution in [-0.2, 0) is 4.79 Å². The van der Waals surface area contributed by atoms with E-state index in [2.05, 4.69) is 5.32 Å². The second-order valence-electron chi connectivity index (χ2n) is 5.94. The lowest BCUT2D eigenvalue weighted by Gasteiger charge is -2.16. The molecule has 4 nitrogen and oxygen atoms in total. The van der Waals surface area contributed by atoms with Gasteiger partial charge in [0.2, 0.25) is 0 Å². The van der Waals surface area contributed by atoms with Gasteiger partial charge in [-0.2, -0.15) is 5.26 Å². The van der Waals surface area contributed by atoms with Crippen molar-refractivity contribution in [1.82, 2.24) is 0 Å². The second kappa shape index (κ2) is 8.24. The van der Waals surface area contributed by atoms with Crippen LogP contribution in [0, 0.1) is 18.3 Å². The quantitative estimate of drug-likeness (QED) is 0.768. The predicted molar refractivity (Wildman–Crippen MR) is 101 cm³/mol. The molecule has 6 heteroatoms. The Kier molecular flexibility index (Phi) is 6.30. The van der Waals surface area contributed by atoms with Crippen molar-refractivity contribution in [3.8, 4) is 11.8 Å². The molecule has 0 aliphatic carbocycles. The van der Waals surface area contributed by atoms with Gasteiger partial charge in [0.25, 0.3) is 5.91 Å². The van der Waals surface area contributed by atoms with Gasteiger partial charge in [-0.3, -0.25) is 4.79 Å². The van der Waals surface area contributed by atoms with E-state index in [9.17, 15) is 4.79 Å². The summed E-state index contributed by atoms with van der Waals surface area (Å²) in [5.41, 5.74) is 2.70. The molecule has 0 bridgehead atoms. The van der Waals surface area contributed by atoms with Crippen LogP contribution in [-0.4, -0.2) is 12.5 Å². The molecule has 0 radical (unpaired) electrons. The highest BCUT2D eigenvalue weighted by atomic mass is 35.5. The number of halogens is 2. The number of hydrogen-bond acceptors (Lipinski definition) is 3. The van der Waals surface area contributed by atoms with Crippen LogP contribution in [0.1, 0.15) is 36.5 Å². The molecule has 0 unspecified atom stereocenters. The molecule has 130 valence electrons. The van der Waals surface area contributed by atoms with Gasteiger partial charge in [-0.25, -0.2) is 0 Å². The van der Waals surface area contributed by atoms with E-state index >= 15 is 0 Å². The first-order valence-corrected chi connectivity index (χ1v) is 8.49. The monoisotopic (exact) mass is 376 g/mol. The van der Waals surface area contributed by atoms with Gasteiger partial charge >= 0.3 is 0 Å². The van der Waals surface area contributed by atoms with Crippen LogP contribution in [0.25, 0.3) is 0 Å². The average Bonchev–Trinajstić information content (AvgIpc) is 2.55. The molecule has 0 atom stereocenters. The zero-order valence-corrected chi connectivity index (χ0v) is 15.7. The molecule has 0 aliphatic heterocycles. The highest BCUT2D eigenvalue weighted by Crippen LogP contribution is 2.32. The third kappa shape index (κ3) is 4.88. The van der Waals surface area contributed by atoms with E-state index in [-0.39, 0.29) is 23.5 Å². The zero-order chi connectivity index (χ0) is 18.6. The summed E-state index contributed by atoms with van der Waals surface area (Å²) in [6, 6.07) is 10.4. The van der Waals surface area contributed by atoms with Crippen LogP contribution >= 0.6 is 23.2 Å². The largest absolute Gasteiger partial charge is 0.483 e. The van der Waals surface area contributed by atoms with Gasteiger partial charge < -0.3 is 10.1 Å². The van der Waals surface area contributed by atoms with Crippen molar-refractivity contribution in [3.63, 3.8) is 0 Å². The Bertz CT molecular complexity index is 842. The highest BCUT2D eigenvalue weighted by Gasteiger charge is 2.13. The van der Waals surface area contributed by atoms with Crippen molar-refractivity contribution in [3.05, 3.63) is 57.1 Å². The summed E-state index contributed by atoms with van der Waals surface area (Å²) in [7, 11) is 0. The number of ether oxygens (including phenoxy) is 1. The van der Waals surface area contributed by atoms with Crippen molar-refractivity contribution >= 4 is 34.8 Å². The molecule has 2 aromatic rings. The maximum absolute atomic E-state index is 12.1. The fourth-order valence-corrected chi connectivity index (χ4v) is 2.67. The number of nitrogens with zero attached hydrogens (tertiary/aromatic N) is 1. The van der Waals surface area contributed by atoms with E-state index in [1.807, 2.05) is 39.0 Å². The summed E-state index contributed by atoms with van der Waals surface area (Å²) in [6.45, 7) is 5.82. The van der Waals surface area contributed by atoms with E-state index < -0.39 is 0 Å². The Morgan fingerprint density at radius 3 is 2.56 bits per heavy atom. The number of aryl methyl sites for hydroxylation is 1. The van der Waals surface area contributed by atoms with Gasteiger partial charge in [-0.1, -0.05) is 37.0 Å². The SMILES string of the molecule is Cc1cc(OCC(=O)Nc2ccc(C#N)c(Cl)c2)c(C(C)C)cc1Cl. The second-order valence-corrected chi connectivity index (χ2v) is 6.75. The Morgan fingerprint density at radius 1 is 1.24 bits per heavy atom. The summed E-state index contributed by atoms with van der Waals surface area (Å²) < 4.78 is 5.69. The molecule has 0 fully saturated rings. The molecule has 0 spiro atoms. The lowest BCUT2D eigenvalue weighted by atomic mass is 10.0. The third-order valence-corrected chi connectivity index (χ3v) is 4.37. The molecule has 0 saturated heterocycles. The first-order valence-electron chi connectivity index (χ1n) is 7.74. The minimum atomic E-state index is -0.317. The molecule has 2 aromatic carbocycles. The maximum atomic E-state index is 12.1. The van der Waals surface area contributed by atoms with Gasteiger partial charge in [-0.15, -0.1) is 0 Å². The van der Waals surface area contributed by atoms with Crippen LogP contribution < -0.4 is 10.1 Å². The molecule has 25 heavy (non-hydrogen) atoms. The Hall–Kier alpha value is -2.22. The van der Waals surface area contributed by atoms with Crippen molar-refractivity contribution in [2.45, 2.75) is 26.7 Å². The zero-order valence-electron chi connectivity index (χ0n) is 14.2. The molecule has 0 heterocycles. The third-order valence-electron chi connectivity index (χ3n) is 3.65. The van der Waals surface area contributed by atoms with Gasteiger partial charge in [0, 0.05) is 10.7 Å². The molecular weight excluding hydrogens is 359 g/mol. The van der Waals surface area contributed by atoms with E-state index in [1.165, 1.54) is 6.07 Å². The number of nitrogens with one attached hydrogen (secondary N) is 1. The van der Waals surface area contributed by atoms with Crippen LogP contribution in [0.4, 0.5) is 5.69 Å². The number of amides is 1. The lowest BCUT2D eigenvalue weighted by molar-refractivity contribution is -0.118. The molecule has 1 N–H and O–H groups in total. The normalized spacial score (nSPS) is 10.4. The maximum Gasteiger partial charge on any atom is 0.262 e. The fraction of sp³-hybridized carbons (Fsp3) is 0.263. The topological polar surface area (TPSA) is 62.1 Å². The Balaban J connectivity index is 2.06. The molecule has 2 rings (SSSR count). The summed E-state index contributed by atoms with van der Waals surface area (Å²) in [6.07, 6.45) is 0. The first kappa shape index (κ1) is 19.1. The predicted octanol–water partition coefficient (Wildman–Crippen LogP) is 5.31. The smallest absolute Gasteiger partial charge is 0.262 e. The van der Waals surface area contributed by atoms with Crippen molar-refractivity contribution < 1.29 is 9.53 Å². The minimum absolute atomic E-state index is 0.140. The summed E-state index contributed by atoms with van der Waals surface area (Å²) in [5.74, 6) is 0.543. The number of nitriles is 1. The highest BCUT2D eigenvalue weighted by molar-refractivity contribution is 6.32. The molecule has 0 aromatic heterocycles. The molecule has 0 aliphatic rings. The van der Waals surface area contributed by atoms with Crippen molar-refractivity contribution in [2.24, 2.45) is 0 Å². The van der Waals surface area contributed by atoms with E-state index in [0.717, 1.165) is 11.1 Å². The molecule has 1 amide bonds. The Labute approximate surface area is 157 Å². The number of carbonyl (C=O) groups excluding carboxylic acids is 1. The minimum Gasteiger partial charge on any atom is -0.483 e. The number of carbonyl (C=O) groups is 1. The fourth-order valence-electron chi connectivity index (χ4n) is 2.27. The van der Waals surface area contributed by atoms with E-state index in [4.69, 9.17) is 33.2 Å². The number of rotatable bonds is 5. The van der Waals surface area contributed by atoms with Gasteiger partial charge in [0.05, 0.1) is 10.6 Å². The Morgan fingerprint density at radius 2 is 1.96 bits per heavy atom. The molecular formula is C19H18Cl2N2O2. The van der Waals surface area contributed by atoms with Crippen LogP contribution in [0.3, 0.4) is 0 Å². The van der Waals surface area contributed by atoms with E-state index in [0.29, 0.717) is 22.0 Å². The van der Waals surface area contributed by atoms with E-state index in [1.54, 1.807) is 12.1 Å². The molecule has 0 saturated carbocycles. The average molecular weight is 377 g/mol. The number of benzene rings is 2. The van der Waals surface area contributed by atoms with Gasteiger partial charge in [0.1, 0.15) is 11.8 Å². The summed E-state index contributed by atoms with van der Waals surface area (Å²) in [4.78, 5) is 12.1. The van der Waals surface area contributed by atoms with Gasteiger partial charge in [0.15, 0.2) is 6.61 Å². The standard InChI is InChI=1S/C19H18Cl2N2O2/c1-11(2)15-8-16(20)12(3)6-18(15)25-10-19(24)23-14-5-4-13(9-22)17(21)7-14/h4-8,11H,10H2,1-3H3,(H,23,24). The summed E-state index contributed by atoms with van der Waals surface area (Å²) in [5, 5.41) is 12.5. The van der Waals surface area contributed by atoms with Crippen LogP contribution in [0.5, 0.6) is 5.75 Å². The van der Waals surface area contributed by atoms with Crippen LogP contribution in [0.15, 0.2) is 30.3 Å². The van der Waals surface area contributed by atoms with Crippen molar-refractivity contribution in [2.75, 3.05) is 11.9 Å². The first-order chi connectivity index (χ1) is 11.8. The van der Waals surface area contributed by atoms with Crippen LogP contribution in [0.2, 0.25) is 10.0 Å². The lowest BCUT2D eigenvalue weighted by Crippen LogP contribution is -2.20. The summed E-state index contributed by atoms with van der Waals surface area (Å²) >= 11 is 12.1. The van der Waals surface area contributed by atoms with Gasteiger partial charge in [-0.05, 0) is 54.3 Å². The van der Waals surface area contributed by atoms with Crippen molar-refractivity contribution in [1.29, 1.82) is 5.26 Å².